The zero-order valence-electron chi connectivity index (χ0n) is 11.9. The Morgan fingerprint density at radius 1 is 1.25 bits per heavy atom. The van der Waals surface area contributed by atoms with Gasteiger partial charge < -0.3 is 10.1 Å². The topological polar surface area (TPSA) is 21.3 Å². The smallest absolute Gasteiger partial charge is 0.134 e. The van der Waals surface area contributed by atoms with E-state index in [0.29, 0.717) is 6.04 Å². The lowest BCUT2D eigenvalue weighted by atomic mass is 10.0. The zero-order chi connectivity index (χ0) is 14.4. The summed E-state index contributed by atoms with van der Waals surface area (Å²) in [4.78, 5) is 1.28. The van der Waals surface area contributed by atoms with Crippen LogP contribution in [0.1, 0.15) is 29.8 Å². The third-order valence-corrected chi connectivity index (χ3v) is 4.73. The van der Waals surface area contributed by atoms with Gasteiger partial charge in [-0.3, -0.25) is 0 Å². The first kappa shape index (κ1) is 15.5. The molecule has 108 valence electrons. The number of ether oxygens (including phenoxy) is 1. The fraction of sp³-hybridized carbons (Fsp3) is 0.375. The van der Waals surface area contributed by atoms with Crippen LogP contribution in [0.5, 0.6) is 5.75 Å². The molecule has 0 fully saturated rings. The van der Waals surface area contributed by atoms with Gasteiger partial charge >= 0.3 is 0 Å². The molecule has 1 N–H and O–H groups in total. The monoisotopic (exact) mass is 353 g/mol. The Labute approximate surface area is 133 Å². The third-order valence-electron chi connectivity index (χ3n) is 3.19. The quantitative estimate of drug-likeness (QED) is 0.771. The maximum Gasteiger partial charge on any atom is 0.134 e. The van der Waals surface area contributed by atoms with Crippen LogP contribution < -0.4 is 10.1 Å². The van der Waals surface area contributed by atoms with Gasteiger partial charge in [0.25, 0.3) is 0 Å². The van der Waals surface area contributed by atoms with Crippen molar-refractivity contribution in [3.05, 3.63) is 50.6 Å². The number of thiophene rings is 1. The summed E-state index contributed by atoms with van der Waals surface area (Å²) in [6.45, 7) is 3.21. The molecule has 1 heterocycles. The number of methoxy groups -OCH3 is 1. The van der Waals surface area contributed by atoms with Crippen LogP contribution in [0.25, 0.3) is 0 Å². The van der Waals surface area contributed by atoms with E-state index in [4.69, 9.17) is 4.74 Å². The fourth-order valence-electron chi connectivity index (χ4n) is 2.16. The van der Waals surface area contributed by atoms with Crippen molar-refractivity contribution in [2.45, 2.75) is 25.8 Å². The van der Waals surface area contributed by atoms with E-state index in [9.17, 15) is 0 Å². The molecule has 0 aliphatic heterocycles. The predicted molar refractivity (Wildman–Crippen MR) is 89.8 cm³/mol. The van der Waals surface area contributed by atoms with Crippen LogP contribution in [0, 0.1) is 0 Å². The summed E-state index contributed by atoms with van der Waals surface area (Å²) in [5, 5.41) is 5.72. The first-order valence-electron chi connectivity index (χ1n) is 6.83. The Bertz CT molecular complexity index is 524. The molecule has 1 aromatic carbocycles. The van der Waals surface area contributed by atoms with Gasteiger partial charge in [-0.1, -0.05) is 35.0 Å². The molecule has 1 aromatic heterocycles. The van der Waals surface area contributed by atoms with E-state index in [2.05, 4.69) is 57.8 Å². The van der Waals surface area contributed by atoms with Gasteiger partial charge in [0.2, 0.25) is 0 Å². The molecule has 2 nitrogen and oxygen atoms in total. The molecule has 20 heavy (non-hydrogen) atoms. The largest absolute Gasteiger partial charge is 0.496 e. The maximum atomic E-state index is 5.47. The van der Waals surface area contributed by atoms with Crippen molar-refractivity contribution in [3.8, 4) is 5.75 Å². The highest BCUT2D eigenvalue weighted by atomic mass is 79.9. The summed E-state index contributed by atoms with van der Waals surface area (Å²) in [5.41, 5.74) is 1.33. The Kier molecular flexibility index (Phi) is 6.07. The van der Waals surface area contributed by atoms with Crippen molar-refractivity contribution in [2.75, 3.05) is 13.7 Å². The van der Waals surface area contributed by atoms with Gasteiger partial charge in [0.1, 0.15) is 5.75 Å². The minimum atomic E-state index is 0.311. The number of hydrogen-bond donors (Lipinski definition) is 1. The van der Waals surface area contributed by atoms with Crippen molar-refractivity contribution in [2.24, 2.45) is 0 Å². The van der Waals surface area contributed by atoms with Crippen LogP contribution in [0.2, 0.25) is 0 Å². The van der Waals surface area contributed by atoms with Gasteiger partial charge in [-0.15, -0.1) is 11.3 Å². The molecular formula is C16H20BrNOS. The lowest BCUT2D eigenvalue weighted by Crippen LogP contribution is -2.23. The molecule has 0 saturated carbocycles. The number of hydrogen-bond acceptors (Lipinski definition) is 3. The van der Waals surface area contributed by atoms with Crippen LogP contribution in [0.4, 0.5) is 0 Å². The minimum absolute atomic E-state index is 0.311. The Morgan fingerprint density at radius 2 is 2.00 bits per heavy atom. The molecule has 4 heteroatoms. The molecule has 0 radical (unpaired) electrons. The molecule has 0 aliphatic rings. The van der Waals surface area contributed by atoms with Crippen molar-refractivity contribution < 1.29 is 4.74 Å². The summed E-state index contributed by atoms with van der Waals surface area (Å²) < 4.78 is 6.58. The third kappa shape index (κ3) is 4.08. The average molecular weight is 354 g/mol. The van der Waals surface area contributed by atoms with Crippen molar-refractivity contribution >= 4 is 27.3 Å². The van der Waals surface area contributed by atoms with Gasteiger partial charge in [-0.05, 0) is 48.5 Å². The first-order chi connectivity index (χ1) is 9.74. The van der Waals surface area contributed by atoms with Crippen LogP contribution in [-0.4, -0.2) is 13.7 Å². The van der Waals surface area contributed by atoms with Crippen molar-refractivity contribution in [1.29, 1.82) is 0 Å². The molecular weight excluding hydrogens is 334 g/mol. The van der Waals surface area contributed by atoms with E-state index in [1.165, 1.54) is 10.4 Å². The number of benzene rings is 1. The second kappa shape index (κ2) is 7.81. The van der Waals surface area contributed by atoms with Gasteiger partial charge in [-0.25, -0.2) is 0 Å². The second-order valence-electron chi connectivity index (χ2n) is 4.69. The normalized spacial score (nSPS) is 12.3. The number of rotatable bonds is 7. The zero-order valence-corrected chi connectivity index (χ0v) is 14.3. The summed E-state index contributed by atoms with van der Waals surface area (Å²) in [7, 11) is 1.74. The van der Waals surface area contributed by atoms with Crippen molar-refractivity contribution in [1.82, 2.24) is 5.32 Å². The van der Waals surface area contributed by atoms with E-state index in [1.54, 1.807) is 18.4 Å². The van der Waals surface area contributed by atoms with Crippen LogP contribution in [0.3, 0.4) is 0 Å². The van der Waals surface area contributed by atoms with Crippen LogP contribution >= 0.6 is 27.3 Å². The van der Waals surface area contributed by atoms with E-state index in [-0.39, 0.29) is 0 Å². The highest BCUT2D eigenvalue weighted by molar-refractivity contribution is 9.10. The molecule has 0 saturated heterocycles. The summed E-state index contributed by atoms with van der Waals surface area (Å²) in [5.74, 6) is 0.987. The SMILES string of the molecule is CCCNC(Cc1ccc(Br)cc1)c1sccc1OC. The Hall–Kier alpha value is -0.840. The molecule has 0 amide bonds. The average Bonchev–Trinajstić information content (AvgIpc) is 2.94. The summed E-state index contributed by atoms with van der Waals surface area (Å²) >= 11 is 5.24. The highest BCUT2D eigenvalue weighted by Crippen LogP contribution is 2.33. The highest BCUT2D eigenvalue weighted by Gasteiger charge is 2.17. The standard InChI is InChI=1S/C16H20BrNOS/c1-3-9-18-14(16-15(19-2)8-10-20-16)11-12-4-6-13(17)7-5-12/h4-8,10,14,18H,3,9,11H2,1-2H3. The summed E-state index contributed by atoms with van der Waals surface area (Å²) in [6.07, 6.45) is 2.11. The molecule has 0 aliphatic carbocycles. The Balaban J connectivity index is 2.17. The van der Waals surface area contributed by atoms with Gasteiger partial charge in [-0.2, -0.15) is 0 Å². The van der Waals surface area contributed by atoms with Gasteiger partial charge in [0.15, 0.2) is 0 Å². The summed E-state index contributed by atoms with van der Waals surface area (Å²) in [6, 6.07) is 10.9. The number of halogens is 1. The molecule has 0 bridgehead atoms. The first-order valence-corrected chi connectivity index (χ1v) is 8.51. The molecule has 1 atom stereocenters. The van der Waals surface area contributed by atoms with E-state index < -0.39 is 0 Å². The van der Waals surface area contributed by atoms with E-state index >= 15 is 0 Å². The van der Waals surface area contributed by atoms with Crippen LogP contribution in [0.15, 0.2) is 40.2 Å². The molecule has 1 unspecified atom stereocenters. The lowest BCUT2D eigenvalue weighted by molar-refractivity contribution is 0.402. The molecule has 2 rings (SSSR count). The fourth-order valence-corrected chi connectivity index (χ4v) is 3.37. The van der Waals surface area contributed by atoms with E-state index in [0.717, 1.165) is 29.6 Å². The second-order valence-corrected chi connectivity index (χ2v) is 6.55. The van der Waals surface area contributed by atoms with Gasteiger partial charge in [0, 0.05) is 10.5 Å². The Morgan fingerprint density at radius 3 is 2.65 bits per heavy atom. The van der Waals surface area contributed by atoms with E-state index in [1.807, 2.05) is 6.07 Å². The minimum Gasteiger partial charge on any atom is -0.496 e. The van der Waals surface area contributed by atoms with Crippen LogP contribution in [-0.2, 0) is 6.42 Å². The van der Waals surface area contributed by atoms with Gasteiger partial charge in [0.05, 0.1) is 12.0 Å². The van der Waals surface area contributed by atoms with Crippen molar-refractivity contribution in [3.63, 3.8) is 0 Å². The molecule has 0 spiro atoms. The molecule has 2 aromatic rings. The predicted octanol–water partition coefficient (Wildman–Crippen LogP) is 4.80. The maximum absolute atomic E-state index is 5.47. The number of nitrogens with one attached hydrogen (secondary N) is 1. The lowest BCUT2D eigenvalue weighted by Gasteiger charge is -2.19.